The largest absolute Gasteiger partial charge is 0.507 e. The van der Waals surface area contributed by atoms with Crippen LogP contribution in [0.3, 0.4) is 0 Å². The Kier molecular flexibility index (Phi) is 7.12. The summed E-state index contributed by atoms with van der Waals surface area (Å²) in [5.41, 5.74) is 12.7. The van der Waals surface area contributed by atoms with Crippen molar-refractivity contribution in [2.45, 2.75) is 6.92 Å². The lowest BCUT2D eigenvalue weighted by atomic mass is 9.98. The molecular formula is C42H30N4O. The molecule has 5 heteroatoms. The number of hydrogen-bond acceptors (Lipinski definition) is 4. The van der Waals surface area contributed by atoms with Crippen molar-refractivity contribution in [2.75, 3.05) is 0 Å². The van der Waals surface area contributed by atoms with Gasteiger partial charge >= 0.3 is 0 Å². The van der Waals surface area contributed by atoms with E-state index in [2.05, 4.69) is 82.3 Å². The van der Waals surface area contributed by atoms with Crippen molar-refractivity contribution in [3.63, 3.8) is 0 Å². The summed E-state index contributed by atoms with van der Waals surface area (Å²) in [5.74, 6) is 0.839. The second-order valence-electron chi connectivity index (χ2n) is 11.6. The highest BCUT2D eigenvalue weighted by Crippen LogP contribution is 2.38. The van der Waals surface area contributed by atoms with Crippen LogP contribution in [-0.4, -0.2) is 24.6 Å². The van der Waals surface area contributed by atoms with Crippen LogP contribution in [0.1, 0.15) is 5.56 Å². The third-order valence-corrected chi connectivity index (χ3v) is 8.53. The monoisotopic (exact) mass is 606 g/mol. The van der Waals surface area contributed by atoms with E-state index in [4.69, 9.17) is 9.97 Å². The summed E-state index contributed by atoms with van der Waals surface area (Å²) in [6.45, 7) is 2.01. The average Bonchev–Trinajstić information content (AvgIpc) is 3.53. The van der Waals surface area contributed by atoms with Gasteiger partial charge in [0.05, 0.1) is 23.0 Å². The van der Waals surface area contributed by atoms with E-state index in [1.807, 2.05) is 86.2 Å². The van der Waals surface area contributed by atoms with Gasteiger partial charge in [-0.1, -0.05) is 103 Å². The number of aromatic nitrogens is 4. The fourth-order valence-electron chi connectivity index (χ4n) is 6.15. The molecule has 47 heavy (non-hydrogen) atoms. The van der Waals surface area contributed by atoms with Crippen LogP contribution in [0.5, 0.6) is 5.75 Å². The number of aryl methyl sites for hydroxylation is 1. The first-order valence-corrected chi connectivity index (χ1v) is 15.6. The quantitative estimate of drug-likeness (QED) is 0.205. The molecule has 224 valence electrons. The number of benzene rings is 5. The van der Waals surface area contributed by atoms with Gasteiger partial charge in [-0.25, -0.2) is 4.98 Å². The minimum absolute atomic E-state index is 0.181. The van der Waals surface area contributed by atoms with Gasteiger partial charge < -0.3 is 5.11 Å². The summed E-state index contributed by atoms with van der Waals surface area (Å²) in [4.78, 5) is 14.6. The number of hydrogen-bond donors (Lipinski definition) is 1. The molecule has 0 spiro atoms. The summed E-state index contributed by atoms with van der Waals surface area (Å²) in [6, 6.07) is 47.3. The van der Waals surface area contributed by atoms with E-state index >= 15 is 0 Å². The molecule has 5 aromatic carbocycles. The zero-order valence-electron chi connectivity index (χ0n) is 25.7. The van der Waals surface area contributed by atoms with E-state index in [1.54, 1.807) is 6.07 Å². The van der Waals surface area contributed by atoms with Crippen LogP contribution in [0.25, 0.3) is 72.7 Å². The van der Waals surface area contributed by atoms with Crippen molar-refractivity contribution in [1.82, 2.24) is 19.5 Å². The van der Waals surface area contributed by atoms with E-state index in [9.17, 15) is 5.11 Å². The lowest BCUT2D eigenvalue weighted by Crippen LogP contribution is -1.98. The van der Waals surface area contributed by atoms with Gasteiger partial charge in [0, 0.05) is 29.2 Å². The van der Waals surface area contributed by atoms with Gasteiger partial charge in [-0.05, 0) is 77.2 Å². The normalized spacial score (nSPS) is 11.2. The van der Waals surface area contributed by atoms with Crippen LogP contribution in [0.4, 0.5) is 0 Å². The van der Waals surface area contributed by atoms with Crippen molar-refractivity contribution in [3.05, 3.63) is 164 Å². The zero-order chi connectivity index (χ0) is 31.7. The van der Waals surface area contributed by atoms with Gasteiger partial charge in [0.25, 0.3) is 0 Å². The molecule has 0 radical (unpaired) electrons. The molecule has 0 aliphatic carbocycles. The molecule has 3 aromatic heterocycles. The second kappa shape index (κ2) is 11.9. The average molecular weight is 607 g/mol. The van der Waals surface area contributed by atoms with Gasteiger partial charge in [-0.3, -0.25) is 14.5 Å². The first kappa shape index (κ1) is 28.2. The summed E-state index contributed by atoms with van der Waals surface area (Å²) >= 11 is 0. The molecule has 0 atom stereocenters. The van der Waals surface area contributed by atoms with E-state index < -0.39 is 0 Å². The fourth-order valence-corrected chi connectivity index (χ4v) is 6.15. The highest BCUT2D eigenvalue weighted by molar-refractivity contribution is 5.95. The molecule has 0 bridgehead atoms. The maximum Gasteiger partial charge on any atom is 0.149 e. The highest BCUT2D eigenvalue weighted by atomic mass is 16.3. The SMILES string of the molecule is Cc1ccc(O)c(-c2nc3c(-c4cccc(-c5cc(-c6ccc(-c7ccccc7)cc6)ccn5)c4)cncc3n2-c2ccccc2)c1. The van der Waals surface area contributed by atoms with Gasteiger partial charge in [0.2, 0.25) is 0 Å². The molecule has 0 aliphatic rings. The van der Waals surface area contributed by atoms with Crippen LogP contribution in [0, 0.1) is 6.92 Å². The maximum absolute atomic E-state index is 10.9. The van der Waals surface area contributed by atoms with Crippen molar-refractivity contribution >= 4 is 11.0 Å². The Morgan fingerprint density at radius 2 is 1.23 bits per heavy atom. The molecular weight excluding hydrogens is 576 g/mol. The Labute approximate surface area is 273 Å². The number of nitrogens with zero attached hydrogens (tertiary/aromatic N) is 4. The first-order chi connectivity index (χ1) is 23.1. The molecule has 0 unspecified atom stereocenters. The number of phenols is 1. The van der Waals surface area contributed by atoms with Crippen LogP contribution < -0.4 is 0 Å². The molecule has 0 amide bonds. The van der Waals surface area contributed by atoms with Crippen LogP contribution in [0.15, 0.2) is 158 Å². The number of fused-ring (bicyclic) bond motifs is 1. The lowest BCUT2D eigenvalue weighted by molar-refractivity contribution is 0.476. The van der Waals surface area contributed by atoms with Gasteiger partial charge in [-0.2, -0.15) is 0 Å². The minimum Gasteiger partial charge on any atom is -0.507 e. The molecule has 0 saturated heterocycles. The van der Waals surface area contributed by atoms with Crippen LogP contribution >= 0.6 is 0 Å². The molecule has 5 nitrogen and oxygen atoms in total. The topological polar surface area (TPSA) is 63.8 Å². The summed E-state index contributed by atoms with van der Waals surface area (Å²) in [7, 11) is 0. The van der Waals surface area contributed by atoms with Crippen molar-refractivity contribution < 1.29 is 5.11 Å². The molecule has 0 saturated carbocycles. The Hall–Kier alpha value is -6.33. The Bertz CT molecular complexity index is 2360. The number of rotatable bonds is 6. The van der Waals surface area contributed by atoms with Crippen molar-refractivity contribution in [3.8, 4) is 67.5 Å². The molecule has 8 aromatic rings. The van der Waals surface area contributed by atoms with Gasteiger partial charge in [0.1, 0.15) is 17.1 Å². The summed E-state index contributed by atoms with van der Waals surface area (Å²) < 4.78 is 2.07. The number of phenolic OH excluding ortho intramolecular Hbond substituents is 1. The third-order valence-electron chi connectivity index (χ3n) is 8.53. The van der Waals surface area contributed by atoms with Crippen molar-refractivity contribution in [2.24, 2.45) is 0 Å². The van der Waals surface area contributed by atoms with Gasteiger partial charge in [0.15, 0.2) is 0 Å². The summed E-state index contributed by atoms with van der Waals surface area (Å²) in [6.07, 6.45) is 5.57. The fraction of sp³-hybridized carbons (Fsp3) is 0.0238. The Balaban J connectivity index is 1.21. The van der Waals surface area contributed by atoms with Crippen LogP contribution in [0.2, 0.25) is 0 Å². The standard InChI is InChI=1S/C42H30N4O/c1-28-15-20-40(47)36(23-28)42-45-41-37(26-43-27-39(41)46(42)35-13-6-3-7-14-35)33-11-8-12-34(24-33)38-25-32(21-22-44-38)31-18-16-30(17-19-31)29-9-4-2-5-10-29/h2-27,47H,1H3. The molecule has 0 fully saturated rings. The predicted molar refractivity (Wildman–Crippen MR) is 190 cm³/mol. The second-order valence-corrected chi connectivity index (χ2v) is 11.6. The Morgan fingerprint density at radius 1 is 0.553 bits per heavy atom. The van der Waals surface area contributed by atoms with E-state index in [1.165, 1.54) is 11.1 Å². The highest BCUT2D eigenvalue weighted by Gasteiger charge is 2.20. The maximum atomic E-state index is 10.9. The Morgan fingerprint density at radius 3 is 2.02 bits per heavy atom. The van der Waals surface area contributed by atoms with E-state index in [-0.39, 0.29) is 5.75 Å². The smallest absolute Gasteiger partial charge is 0.149 e. The van der Waals surface area contributed by atoms with E-state index in [0.29, 0.717) is 11.4 Å². The predicted octanol–water partition coefficient (Wildman–Crippen LogP) is 10.2. The lowest BCUT2D eigenvalue weighted by Gasteiger charge is -2.11. The molecule has 8 rings (SSSR count). The van der Waals surface area contributed by atoms with Crippen LogP contribution in [-0.2, 0) is 0 Å². The molecule has 0 aliphatic heterocycles. The number of imidazole rings is 1. The third kappa shape index (κ3) is 5.34. The number of pyridine rings is 2. The van der Waals surface area contributed by atoms with Crippen molar-refractivity contribution in [1.29, 1.82) is 0 Å². The minimum atomic E-state index is 0.181. The zero-order valence-corrected chi connectivity index (χ0v) is 25.7. The summed E-state index contributed by atoms with van der Waals surface area (Å²) in [5, 5.41) is 10.9. The van der Waals surface area contributed by atoms with E-state index in [0.717, 1.165) is 55.8 Å². The number of aromatic hydroxyl groups is 1. The molecule has 1 N–H and O–H groups in total. The number of para-hydroxylation sites is 1. The molecule has 3 heterocycles. The first-order valence-electron chi connectivity index (χ1n) is 15.6. The van der Waals surface area contributed by atoms with Gasteiger partial charge in [-0.15, -0.1) is 0 Å².